The third-order valence-corrected chi connectivity index (χ3v) is 12.7. The van der Waals surface area contributed by atoms with Gasteiger partial charge in [-0.15, -0.1) is 0 Å². The molecule has 9 atom stereocenters. The number of carboxylic acid groups (broad SMARTS) is 2. The fourth-order valence-electron chi connectivity index (χ4n) is 10.7. The van der Waals surface area contributed by atoms with Gasteiger partial charge >= 0.3 is 11.9 Å². The third kappa shape index (κ3) is 2.98. The Morgan fingerprint density at radius 2 is 1.57 bits per heavy atom. The maximum atomic E-state index is 14.0. The summed E-state index contributed by atoms with van der Waals surface area (Å²) in [6.07, 6.45) is 5.39. The zero-order valence-corrected chi connectivity index (χ0v) is 23.0. The summed E-state index contributed by atoms with van der Waals surface area (Å²) in [7, 11) is 0. The lowest BCUT2D eigenvalue weighted by atomic mass is 9.33. The van der Waals surface area contributed by atoms with Crippen LogP contribution >= 0.6 is 0 Å². The molecule has 0 aromatic carbocycles. The van der Waals surface area contributed by atoms with Crippen molar-refractivity contribution in [3.8, 4) is 0 Å². The Kier molecular flexibility index (Phi) is 5.42. The molecule has 37 heavy (non-hydrogen) atoms. The topological polar surface area (TPSA) is 129 Å². The molecular formula is C30H42O7. The molecular weight excluding hydrogens is 472 g/mol. The van der Waals surface area contributed by atoms with Crippen LogP contribution in [-0.4, -0.2) is 44.4 Å². The number of Topliss-reactive ketones (excluding diaryl/α,β-unsaturated/α-hetero) is 2. The lowest BCUT2D eigenvalue weighted by Gasteiger charge is -2.70. The highest BCUT2D eigenvalue weighted by molar-refractivity contribution is 5.95. The first-order valence-electron chi connectivity index (χ1n) is 13.9. The second kappa shape index (κ2) is 7.55. The van der Waals surface area contributed by atoms with Gasteiger partial charge in [-0.25, -0.2) is 0 Å². The summed E-state index contributed by atoms with van der Waals surface area (Å²) in [6.45, 7) is 11.8. The molecule has 5 aliphatic rings. The number of aliphatic hydroxyl groups is 1. The van der Waals surface area contributed by atoms with Crippen molar-refractivity contribution < 1.29 is 34.5 Å². The molecule has 0 aromatic rings. The summed E-state index contributed by atoms with van der Waals surface area (Å²) in [4.78, 5) is 51.9. The monoisotopic (exact) mass is 514 g/mol. The van der Waals surface area contributed by atoms with Crippen molar-refractivity contribution in [2.24, 2.45) is 50.7 Å². The highest BCUT2D eigenvalue weighted by Crippen LogP contribution is 2.75. The third-order valence-electron chi connectivity index (χ3n) is 12.7. The van der Waals surface area contributed by atoms with Crippen LogP contribution in [0.15, 0.2) is 11.6 Å². The number of carbonyl (C=O) groups excluding carboxylic acids is 2. The van der Waals surface area contributed by atoms with E-state index in [1.54, 1.807) is 0 Å². The molecule has 7 heteroatoms. The van der Waals surface area contributed by atoms with Gasteiger partial charge in [0.1, 0.15) is 11.6 Å². The fraction of sp³-hybridized carbons (Fsp3) is 0.800. The van der Waals surface area contributed by atoms with Crippen molar-refractivity contribution in [1.29, 1.82) is 0 Å². The van der Waals surface area contributed by atoms with E-state index >= 15 is 0 Å². The van der Waals surface area contributed by atoms with Crippen LogP contribution in [0.25, 0.3) is 0 Å². The van der Waals surface area contributed by atoms with Crippen LogP contribution in [0.4, 0.5) is 0 Å². The quantitative estimate of drug-likeness (QED) is 0.457. The molecule has 0 aromatic heterocycles. The maximum absolute atomic E-state index is 14.0. The van der Waals surface area contributed by atoms with Gasteiger partial charge in [0.05, 0.1) is 16.9 Å². The lowest BCUT2D eigenvalue weighted by molar-refractivity contribution is -0.210. The van der Waals surface area contributed by atoms with Crippen molar-refractivity contribution in [1.82, 2.24) is 0 Å². The molecule has 0 spiro atoms. The Bertz CT molecular complexity index is 1130. The second-order valence-corrected chi connectivity index (χ2v) is 14.5. The number of fused-ring (bicyclic) bond motifs is 7. The van der Waals surface area contributed by atoms with Crippen LogP contribution < -0.4 is 0 Å². The Labute approximate surface area is 219 Å². The number of rotatable bonds is 2. The molecule has 4 saturated carbocycles. The second-order valence-electron chi connectivity index (χ2n) is 14.5. The minimum absolute atomic E-state index is 0.107. The summed E-state index contributed by atoms with van der Waals surface area (Å²) in [5, 5.41) is 32.3. The van der Waals surface area contributed by atoms with Gasteiger partial charge in [-0.1, -0.05) is 46.3 Å². The van der Waals surface area contributed by atoms with Crippen molar-refractivity contribution >= 4 is 23.5 Å². The van der Waals surface area contributed by atoms with Crippen molar-refractivity contribution in [2.75, 3.05) is 0 Å². The number of hydrogen-bond acceptors (Lipinski definition) is 5. The first-order chi connectivity index (χ1) is 16.9. The number of hydrogen-bond donors (Lipinski definition) is 3. The number of aliphatic carboxylic acids is 2. The first-order valence-corrected chi connectivity index (χ1v) is 13.9. The van der Waals surface area contributed by atoms with Gasteiger partial charge in [0.25, 0.3) is 0 Å². The highest BCUT2D eigenvalue weighted by atomic mass is 16.4. The maximum Gasteiger partial charge on any atom is 0.310 e. The van der Waals surface area contributed by atoms with Crippen molar-refractivity contribution in [3.05, 3.63) is 11.6 Å². The van der Waals surface area contributed by atoms with Gasteiger partial charge in [-0.2, -0.15) is 0 Å². The Morgan fingerprint density at radius 3 is 2.16 bits per heavy atom. The molecule has 0 heterocycles. The SMILES string of the molecule is CC1(C)C(=O)CCC2(C)C1C(=O)CC1(C)C2CC=C2C3C(C(=O)O)(CCC(C(=O)O)C3(C)O)CCC21C. The van der Waals surface area contributed by atoms with Gasteiger partial charge in [0.15, 0.2) is 0 Å². The zero-order chi connectivity index (χ0) is 27.6. The number of ketones is 2. The first kappa shape index (κ1) is 26.6. The van der Waals surface area contributed by atoms with E-state index in [4.69, 9.17) is 0 Å². The largest absolute Gasteiger partial charge is 0.481 e. The van der Waals surface area contributed by atoms with Crippen LogP contribution in [0.5, 0.6) is 0 Å². The van der Waals surface area contributed by atoms with E-state index in [1.807, 2.05) is 13.8 Å². The van der Waals surface area contributed by atoms with Crippen LogP contribution in [0, 0.1) is 50.7 Å². The smallest absolute Gasteiger partial charge is 0.310 e. The molecule has 5 rings (SSSR count). The summed E-state index contributed by atoms with van der Waals surface area (Å²) in [6, 6.07) is 0. The average Bonchev–Trinajstić information content (AvgIpc) is 2.76. The lowest BCUT2D eigenvalue weighted by Crippen LogP contribution is -2.69. The molecule has 9 unspecified atom stereocenters. The van der Waals surface area contributed by atoms with Gasteiger partial charge in [0, 0.05) is 30.1 Å². The summed E-state index contributed by atoms with van der Waals surface area (Å²) < 4.78 is 0. The highest BCUT2D eigenvalue weighted by Gasteiger charge is 2.73. The van der Waals surface area contributed by atoms with Gasteiger partial charge in [0.2, 0.25) is 0 Å². The van der Waals surface area contributed by atoms with E-state index in [9.17, 15) is 34.5 Å². The average molecular weight is 515 g/mol. The summed E-state index contributed by atoms with van der Waals surface area (Å²) >= 11 is 0. The molecule has 0 bridgehead atoms. The number of carboxylic acids is 2. The van der Waals surface area contributed by atoms with Gasteiger partial charge in [-0.3, -0.25) is 19.2 Å². The van der Waals surface area contributed by atoms with Crippen LogP contribution in [-0.2, 0) is 19.2 Å². The Balaban J connectivity index is 1.69. The summed E-state index contributed by atoms with van der Waals surface area (Å²) in [5.41, 5.74) is -4.28. The molecule has 204 valence electrons. The molecule has 5 aliphatic carbocycles. The molecule has 7 nitrogen and oxygen atoms in total. The molecule has 4 fully saturated rings. The number of carbonyl (C=O) groups is 4. The standard InChI is InChI=1S/C30H42O7/c1-25(2)20(32)10-11-26(3)19-8-7-16-21-29(6,37)17(23(33)34)9-12-30(21,24(35)36)14-13-27(16,4)28(19,5)15-18(31)22(25)26/h7,17,19,21-22,37H,8-15H2,1-6H3,(H,33,34)(H,35,36). The van der Waals surface area contributed by atoms with E-state index in [1.165, 1.54) is 6.92 Å². The van der Waals surface area contributed by atoms with Crippen LogP contribution in [0.1, 0.15) is 92.9 Å². The van der Waals surface area contributed by atoms with Crippen LogP contribution in [0.2, 0.25) is 0 Å². The van der Waals surface area contributed by atoms with E-state index in [2.05, 4.69) is 26.8 Å². The normalized spacial score (nSPS) is 50.6. The molecule has 0 amide bonds. The minimum atomic E-state index is -1.73. The zero-order valence-electron chi connectivity index (χ0n) is 23.0. The molecule has 0 aliphatic heterocycles. The molecule has 3 N–H and O–H groups in total. The van der Waals surface area contributed by atoms with E-state index < -0.39 is 51.0 Å². The van der Waals surface area contributed by atoms with E-state index in [0.717, 1.165) is 5.57 Å². The molecule has 0 radical (unpaired) electrons. The van der Waals surface area contributed by atoms with E-state index in [0.29, 0.717) is 38.5 Å². The van der Waals surface area contributed by atoms with E-state index in [-0.39, 0.29) is 41.7 Å². The predicted octanol–water partition coefficient (Wildman–Crippen LogP) is 4.66. The fourth-order valence-corrected chi connectivity index (χ4v) is 10.7. The van der Waals surface area contributed by atoms with Gasteiger partial charge in [-0.05, 0) is 67.6 Å². The van der Waals surface area contributed by atoms with Crippen molar-refractivity contribution in [3.63, 3.8) is 0 Å². The van der Waals surface area contributed by atoms with Gasteiger partial charge < -0.3 is 15.3 Å². The van der Waals surface area contributed by atoms with Crippen LogP contribution in [0.3, 0.4) is 0 Å². The Hall–Kier alpha value is -2.02. The number of allylic oxidation sites excluding steroid dienone is 1. The predicted molar refractivity (Wildman–Crippen MR) is 135 cm³/mol. The minimum Gasteiger partial charge on any atom is -0.481 e. The summed E-state index contributed by atoms with van der Waals surface area (Å²) in [5.74, 6) is -3.96. The Morgan fingerprint density at radius 1 is 0.919 bits per heavy atom. The molecule has 0 saturated heterocycles. The van der Waals surface area contributed by atoms with Crippen molar-refractivity contribution in [2.45, 2.75) is 98.5 Å².